The molecule has 1 aliphatic heterocycles. The molecule has 1 N–H and O–H groups in total. The number of hydrogen-bond donors (Lipinski definition) is 1. The molecule has 0 bridgehead atoms. The van der Waals surface area contributed by atoms with E-state index >= 15 is 0 Å². The average Bonchev–Trinajstić information content (AvgIpc) is 2.78. The number of aromatic nitrogens is 2. The highest BCUT2D eigenvalue weighted by Crippen LogP contribution is 2.34. The van der Waals surface area contributed by atoms with Crippen molar-refractivity contribution >= 4 is 11.9 Å². The Morgan fingerprint density at radius 1 is 1.42 bits per heavy atom. The van der Waals surface area contributed by atoms with Crippen molar-refractivity contribution in [2.45, 2.75) is 46.0 Å². The molecular formula is C18H27N3O3. The number of carbonyl (C=O) groups is 2. The first-order valence-electron chi connectivity index (χ1n) is 8.42. The Balaban J connectivity index is 2.04. The topological polar surface area (TPSA) is 75.4 Å². The first kappa shape index (κ1) is 18.2. The maximum Gasteiger partial charge on any atom is 0.311 e. The highest BCUT2D eigenvalue weighted by molar-refractivity contribution is 5.80. The number of allylic oxidation sites excluding steroid dienone is 1. The maximum absolute atomic E-state index is 12.6. The van der Waals surface area contributed by atoms with E-state index in [1.165, 1.54) is 0 Å². The van der Waals surface area contributed by atoms with Crippen LogP contribution >= 0.6 is 0 Å². The van der Waals surface area contributed by atoms with Crippen molar-refractivity contribution in [3.05, 3.63) is 29.6 Å². The SMILES string of the molecule is C=CC[C@]1(C(=O)O)CCCN(C(=O)CCc2c(C)nn(C)c2C)C1. The number of likely N-dealkylation sites (tertiary alicyclic amines) is 1. The van der Waals surface area contributed by atoms with Crippen molar-refractivity contribution in [3.8, 4) is 0 Å². The zero-order valence-corrected chi connectivity index (χ0v) is 14.8. The molecule has 1 amide bonds. The number of aliphatic carboxylic acids is 1. The molecule has 0 radical (unpaired) electrons. The normalized spacial score (nSPS) is 20.9. The summed E-state index contributed by atoms with van der Waals surface area (Å²) in [5.41, 5.74) is 2.26. The molecule has 24 heavy (non-hydrogen) atoms. The van der Waals surface area contributed by atoms with Crippen molar-refractivity contribution in [2.24, 2.45) is 12.5 Å². The van der Waals surface area contributed by atoms with Crippen LogP contribution in [0.5, 0.6) is 0 Å². The van der Waals surface area contributed by atoms with E-state index in [4.69, 9.17) is 0 Å². The molecule has 2 rings (SSSR count). The number of carbonyl (C=O) groups excluding carboxylic acids is 1. The fourth-order valence-corrected chi connectivity index (χ4v) is 3.62. The van der Waals surface area contributed by atoms with Crippen molar-refractivity contribution in [3.63, 3.8) is 0 Å². The molecule has 0 spiro atoms. The van der Waals surface area contributed by atoms with Gasteiger partial charge in [-0.15, -0.1) is 6.58 Å². The Morgan fingerprint density at radius 2 is 2.12 bits per heavy atom. The van der Waals surface area contributed by atoms with Crippen LogP contribution in [0.1, 0.15) is 42.6 Å². The van der Waals surface area contributed by atoms with Crippen molar-refractivity contribution in [1.82, 2.24) is 14.7 Å². The van der Waals surface area contributed by atoms with Crippen LogP contribution in [0.4, 0.5) is 0 Å². The summed E-state index contributed by atoms with van der Waals surface area (Å²) in [6, 6.07) is 0. The smallest absolute Gasteiger partial charge is 0.311 e. The highest BCUT2D eigenvalue weighted by Gasteiger charge is 2.42. The molecule has 0 aliphatic carbocycles. The number of carboxylic acids is 1. The van der Waals surface area contributed by atoms with Crippen LogP contribution in [0.3, 0.4) is 0 Å². The van der Waals surface area contributed by atoms with Crippen LogP contribution in [0.25, 0.3) is 0 Å². The Hall–Kier alpha value is -2.11. The number of amides is 1. The molecule has 0 unspecified atom stereocenters. The molecule has 1 aromatic rings. The Bertz CT molecular complexity index is 650. The minimum atomic E-state index is -0.879. The van der Waals surface area contributed by atoms with E-state index in [1.807, 2.05) is 25.6 Å². The molecule has 0 aromatic carbocycles. The number of rotatable bonds is 6. The Kier molecular flexibility index (Phi) is 5.47. The Morgan fingerprint density at radius 3 is 2.67 bits per heavy atom. The molecule has 6 heteroatoms. The van der Waals surface area contributed by atoms with Gasteiger partial charge in [0, 0.05) is 32.3 Å². The number of hydrogen-bond acceptors (Lipinski definition) is 3. The zero-order chi connectivity index (χ0) is 17.9. The zero-order valence-electron chi connectivity index (χ0n) is 14.8. The van der Waals surface area contributed by atoms with Gasteiger partial charge >= 0.3 is 5.97 Å². The minimum Gasteiger partial charge on any atom is -0.481 e. The lowest BCUT2D eigenvalue weighted by Crippen LogP contribution is -2.49. The highest BCUT2D eigenvalue weighted by atomic mass is 16.4. The van der Waals surface area contributed by atoms with E-state index < -0.39 is 11.4 Å². The third-order valence-corrected chi connectivity index (χ3v) is 5.17. The summed E-state index contributed by atoms with van der Waals surface area (Å²) in [7, 11) is 1.90. The Labute approximate surface area is 143 Å². The van der Waals surface area contributed by atoms with Gasteiger partial charge in [-0.05, 0) is 45.1 Å². The molecule has 1 aromatic heterocycles. The van der Waals surface area contributed by atoms with E-state index in [9.17, 15) is 14.7 Å². The van der Waals surface area contributed by atoms with E-state index in [2.05, 4.69) is 11.7 Å². The van der Waals surface area contributed by atoms with Gasteiger partial charge < -0.3 is 10.0 Å². The third-order valence-electron chi connectivity index (χ3n) is 5.17. The van der Waals surface area contributed by atoms with Crippen molar-refractivity contribution in [1.29, 1.82) is 0 Å². The van der Waals surface area contributed by atoms with E-state index in [1.54, 1.807) is 11.0 Å². The van der Waals surface area contributed by atoms with Gasteiger partial charge in [0.1, 0.15) is 0 Å². The maximum atomic E-state index is 12.6. The summed E-state index contributed by atoms with van der Waals surface area (Å²) in [4.78, 5) is 26.0. The summed E-state index contributed by atoms with van der Waals surface area (Å²) in [6.07, 6.45) is 4.38. The van der Waals surface area contributed by atoms with Crippen LogP contribution in [-0.2, 0) is 23.1 Å². The quantitative estimate of drug-likeness (QED) is 0.810. The van der Waals surface area contributed by atoms with Gasteiger partial charge in [-0.1, -0.05) is 6.08 Å². The average molecular weight is 333 g/mol. The van der Waals surface area contributed by atoms with Gasteiger partial charge in [0.25, 0.3) is 0 Å². The predicted molar refractivity (Wildman–Crippen MR) is 91.7 cm³/mol. The lowest BCUT2D eigenvalue weighted by atomic mass is 9.77. The summed E-state index contributed by atoms with van der Waals surface area (Å²) in [6.45, 7) is 8.54. The summed E-state index contributed by atoms with van der Waals surface area (Å²) in [5.74, 6) is -0.814. The molecule has 1 fully saturated rings. The van der Waals surface area contributed by atoms with Crippen LogP contribution in [-0.4, -0.2) is 44.8 Å². The van der Waals surface area contributed by atoms with Gasteiger partial charge in [0.05, 0.1) is 11.1 Å². The van der Waals surface area contributed by atoms with Crippen molar-refractivity contribution in [2.75, 3.05) is 13.1 Å². The molecule has 1 atom stereocenters. The van der Waals surface area contributed by atoms with Crippen LogP contribution < -0.4 is 0 Å². The molecular weight excluding hydrogens is 306 g/mol. The molecule has 132 valence electrons. The minimum absolute atomic E-state index is 0.0204. The first-order chi connectivity index (χ1) is 11.3. The lowest BCUT2D eigenvalue weighted by Gasteiger charge is -2.39. The van der Waals surface area contributed by atoms with Crippen LogP contribution in [0.2, 0.25) is 0 Å². The number of piperidine rings is 1. The van der Waals surface area contributed by atoms with E-state index in [-0.39, 0.29) is 12.5 Å². The van der Waals surface area contributed by atoms with E-state index in [0.29, 0.717) is 32.2 Å². The largest absolute Gasteiger partial charge is 0.481 e. The second-order valence-electron chi connectivity index (χ2n) is 6.77. The van der Waals surface area contributed by atoms with Crippen LogP contribution in [0, 0.1) is 19.3 Å². The van der Waals surface area contributed by atoms with Crippen molar-refractivity contribution < 1.29 is 14.7 Å². The molecule has 1 aliphatic rings. The first-order valence-corrected chi connectivity index (χ1v) is 8.42. The van der Waals surface area contributed by atoms with Gasteiger partial charge in [0.15, 0.2) is 0 Å². The number of nitrogens with zero attached hydrogens (tertiary/aromatic N) is 3. The summed E-state index contributed by atoms with van der Waals surface area (Å²) >= 11 is 0. The molecule has 1 saturated heterocycles. The summed E-state index contributed by atoms with van der Waals surface area (Å²) in [5, 5.41) is 14.0. The molecule has 2 heterocycles. The predicted octanol–water partition coefficient (Wildman–Crippen LogP) is 2.24. The van der Waals surface area contributed by atoms with E-state index in [0.717, 1.165) is 23.4 Å². The number of aryl methyl sites for hydroxylation is 2. The molecule has 0 saturated carbocycles. The van der Waals surface area contributed by atoms with Gasteiger partial charge in [0.2, 0.25) is 5.91 Å². The van der Waals surface area contributed by atoms with Gasteiger partial charge in [-0.2, -0.15) is 5.10 Å². The second kappa shape index (κ2) is 7.20. The third kappa shape index (κ3) is 3.52. The van der Waals surface area contributed by atoms with Crippen LogP contribution in [0.15, 0.2) is 12.7 Å². The van der Waals surface area contributed by atoms with Gasteiger partial charge in [-0.25, -0.2) is 0 Å². The lowest BCUT2D eigenvalue weighted by molar-refractivity contribution is -0.154. The molecule has 6 nitrogen and oxygen atoms in total. The second-order valence-corrected chi connectivity index (χ2v) is 6.77. The standard InChI is InChI=1S/C18H27N3O3/c1-5-9-18(17(23)24)10-6-11-21(12-18)16(22)8-7-15-13(2)19-20(4)14(15)3/h5H,1,6-12H2,2-4H3,(H,23,24)/t18-/m0/s1. The fraction of sp³-hybridized carbons (Fsp3) is 0.611. The monoisotopic (exact) mass is 333 g/mol. The fourth-order valence-electron chi connectivity index (χ4n) is 3.62. The van der Waals surface area contributed by atoms with Gasteiger partial charge in [-0.3, -0.25) is 14.3 Å². The number of carboxylic acid groups (broad SMARTS) is 1. The summed E-state index contributed by atoms with van der Waals surface area (Å²) < 4.78 is 1.83.